The third-order valence-electron chi connectivity index (χ3n) is 1.49. The van der Waals surface area contributed by atoms with Crippen LogP contribution in [0.1, 0.15) is 13.8 Å². The van der Waals surface area contributed by atoms with E-state index >= 15 is 0 Å². The summed E-state index contributed by atoms with van der Waals surface area (Å²) in [5.74, 6) is 0. The molecule has 0 amide bonds. The molecule has 0 bridgehead atoms. The van der Waals surface area contributed by atoms with Gasteiger partial charge in [0.15, 0.2) is 0 Å². The molecule has 0 saturated heterocycles. The lowest BCUT2D eigenvalue weighted by atomic mass is 10.4. The molecule has 0 aliphatic carbocycles. The van der Waals surface area contributed by atoms with E-state index in [1.54, 1.807) is 11.8 Å². The van der Waals surface area contributed by atoms with Crippen molar-refractivity contribution in [2.45, 2.75) is 18.7 Å². The standard InChI is InChI=1S/C6H14N2S/c1-6(2,9-5)8(4)7-3/h3H2,1-2,4-5H3. The van der Waals surface area contributed by atoms with Crippen LogP contribution in [0.2, 0.25) is 0 Å². The zero-order valence-corrected chi connectivity index (χ0v) is 7.33. The van der Waals surface area contributed by atoms with E-state index in [-0.39, 0.29) is 4.87 Å². The predicted molar refractivity (Wildman–Crippen MR) is 44.9 cm³/mol. The van der Waals surface area contributed by atoms with Gasteiger partial charge in [-0.3, -0.25) is 5.01 Å². The molecule has 0 rings (SSSR count). The highest BCUT2D eigenvalue weighted by molar-refractivity contribution is 7.99. The van der Waals surface area contributed by atoms with Gasteiger partial charge in [-0.1, -0.05) is 0 Å². The largest absolute Gasteiger partial charge is 0.285 e. The van der Waals surface area contributed by atoms with Gasteiger partial charge in [-0.25, -0.2) is 0 Å². The third-order valence-corrected chi connectivity index (χ3v) is 2.75. The smallest absolute Gasteiger partial charge is 0.0966 e. The number of thioether (sulfide) groups is 1. The van der Waals surface area contributed by atoms with Crippen LogP contribution in [0, 0.1) is 0 Å². The van der Waals surface area contributed by atoms with Gasteiger partial charge in [0.25, 0.3) is 0 Å². The fraction of sp³-hybridized carbons (Fsp3) is 0.833. The zero-order chi connectivity index (χ0) is 7.49. The summed E-state index contributed by atoms with van der Waals surface area (Å²) in [6.07, 6.45) is 2.06. The van der Waals surface area contributed by atoms with Crippen LogP contribution < -0.4 is 0 Å². The van der Waals surface area contributed by atoms with Crippen LogP contribution in [0.5, 0.6) is 0 Å². The van der Waals surface area contributed by atoms with Crippen molar-refractivity contribution in [1.29, 1.82) is 0 Å². The summed E-state index contributed by atoms with van der Waals surface area (Å²) in [5, 5.41) is 5.64. The molecule has 0 aliphatic rings. The first-order valence-electron chi connectivity index (χ1n) is 2.80. The molecule has 0 aliphatic heterocycles. The van der Waals surface area contributed by atoms with Crippen molar-refractivity contribution in [2.75, 3.05) is 13.3 Å². The van der Waals surface area contributed by atoms with E-state index in [0.717, 1.165) is 0 Å². The molecule has 0 aromatic carbocycles. The second-order valence-corrected chi connectivity index (χ2v) is 3.72. The van der Waals surface area contributed by atoms with Gasteiger partial charge in [-0.15, -0.1) is 11.8 Å². The molecule has 54 valence electrons. The Balaban J connectivity index is 3.95. The summed E-state index contributed by atoms with van der Waals surface area (Å²) in [4.78, 5) is 0.0712. The van der Waals surface area contributed by atoms with Gasteiger partial charge in [-0.2, -0.15) is 5.10 Å². The van der Waals surface area contributed by atoms with Crippen LogP contribution in [0.4, 0.5) is 0 Å². The van der Waals surface area contributed by atoms with Crippen molar-refractivity contribution >= 4 is 18.5 Å². The van der Waals surface area contributed by atoms with Crippen molar-refractivity contribution in [1.82, 2.24) is 5.01 Å². The van der Waals surface area contributed by atoms with Gasteiger partial charge in [0.1, 0.15) is 0 Å². The predicted octanol–water partition coefficient (Wildman–Crippen LogP) is 1.63. The fourth-order valence-corrected chi connectivity index (χ4v) is 0.624. The minimum absolute atomic E-state index is 0.0712. The SMILES string of the molecule is C=NN(C)C(C)(C)SC. The quantitative estimate of drug-likeness (QED) is 0.342. The van der Waals surface area contributed by atoms with Gasteiger partial charge in [0, 0.05) is 13.8 Å². The lowest BCUT2D eigenvalue weighted by Crippen LogP contribution is -2.33. The highest BCUT2D eigenvalue weighted by atomic mass is 32.2. The van der Waals surface area contributed by atoms with Crippen molar-refractivity contribution in [3.8, 4) is 0 Å². The van der Waals surface area contributed by atoms with E-state index in [1.165, 1.54) is 0 Å². The van der Waals surface area contributed by atoms with Crippen molar-refractivity contribution in [2.24, 2.45) is 5.10 Å². The Morgan fingerprint density at radius 1 is 1.56 bits per heavy atom. The molecule has 0 aromatic rings. The minimum Gasteiger partial charge on any atom is -0.285 e. The summed E-state index contributed by atoms with van der Waals surface area (Å²) in [6.45, 7) is 7.64. The van der Waals surface area contributed by atoms with Gasteiger partial charge < -0.3 is 0 Å². The van der Waals surface area contributed by atoms with Crippen LogP contribution in [0.15, 0.2) is 5.10 Å². The summed E-state index contributed by atoms with van der Waals surface area (Å²) >= 11 is 1.75. The Hall–Kier alpha value is -0.180. The molecule has 0 aromatic heterocycles. The summed E-state index contributed by atoms with van der Waals surface area (Å²) in [7, 11) is 1.92. The molecule has 3 heteroatoms. The third kappa shape index (κ3) is 2.26. The van der Waals surface area contributed by atoms with E-state index in [0.29, 0.717) is 0 Å². The molecular weight excluding hydrogens is 132 g/mol. The molecular formula is C6H14N2S. The Morgan fingerprint density at radius 2 is 2.00 bits per heavy atom. The van der Waals surface area contributed by atoms with Crippen molar-refractivity contribution < 1.29 is 0 Å². The van der Waals surface area contributed by atoms with Gasteiger partial charge in [0.05, 0.1) is 4.87 Å². The average Bonchev–Trinajstić information content (AvgIpc) is 1.86. The maximum absolute atomic E-state index is 3.79. The molecule has 0 heterocycles. The number of rotatable bonds is 3. The Morgan fingerprint density at radius 3 is 2.11 bits per heavy atom. The Bertz CT molecular complexity index is 101. The van der Waals surface area contributed by atoms with Crippen LogP contribution in [-0.4, -0.2) is 29.9 Å². The minimum atomic E-state index is 0.0712. The van der Waals surface area contributed by atoms with Crippen LogP contribution >= 0.6 is 11.8 Å². The van der Waals surface area contributed by atoms with Crippen LogP contribution in [0.25, 0.3) is 0 Å². The fourth-order valence-electron chi connectivity index (χ4n) is 0.302. The second-order valence-electron chi connectivity index (χ2n) is 2.32. The first kappa shape index (κ1) is 8.82. The van der Waals surface area contributed by atoms with Crippen LogP contribution in [-0.2, 0) is 0 Å². The molecule has 0 atom stereocenters. The van der Waals surface area contributed by atoms with Gasteiger partial charge >= 0.3 is 0 Å². The van der Waals surface area contributed by atoms with E-state index in [9.17, 15) is 0 Å². The van der Waals surface area contributed by atoms with Gasteiger partial charge in [0.2, 0.25) is 0 Å². The highest BCUT2D eigenvalue weighted by Crippen LogP contribution is 2.24. The van der Waals surface area contributed by atoms with E-state index in [2.05, 4.69) is 31.9 Å². The van der Waals surface area contributed by atoms with Gasteiger partial charge in [-0.05, 0) is 20.1 Å². The monoisotopic (exact) mass is 146 g/mol. The summed E-state index contributed by atoms with van der Waals surface area (Å²) in [6, 6.07) is 0. The molecule has 0 radical (unpaired) electrons. The number of hydrogen-bond donors (Lipinski definition) is 0. The zero-order valence-electron chi connectivity index (χ0n) is 6.51. The first-order chi connectivity index (χ1) is 4.04. The molecule has 0 fully saturated rings. The molecule has 2 nitrogen and oxygen atoms in total. The highest BCUT2D eigenvalue weighted by Gasteiger charge is 2.19. The summed E-state index contributed by atoms with van der Waals surface area (Å²) in [5.41, 5.74) is 0. The maximum Gasteiger partial charge on any atom is 0.0966 e. The number of hydrazone groups is 1. The Labute approximate surface area is 61.3 Å². The van der Waals surface area contributed by atoms with E-state index < -0.39 is 0 Å². The lowest BCUT2D eigenvalue weighted by Gasteiger charge is -2.30. The van der Waals surface area contributed by atoms with E-state index in [4.69, 9.17) is 0 Å². The molecule has 0 saturated carbocycles. The normalized spacial score (nSPS) is 11.1. The van der Waals surface area contributed by atoms with E-state index in [1.807, 2.05) is 12.1 Å². The second kappa shape index (κ2) is 3.11. The molecule has 0 N–H and O–H groups in total. The Kier molecular flexibility index (Phi) is 3.04. The van der Waals surface area contributed by atoms with Crippen molar-refractivity contribution in [3.05, 3.63) is 0 Å². The number of hydrogen-bond acceptors (Lipinski definition) is 3. The molecule has 0 spiro atoms. The van der Waals surface area contributed by atoms with Crippen molar-refractivity contribution in [3.63, 3.8) is 0 Å². The molecule has 9 heavy (non-hydrogen) atoms. The number of nitrogens with zero attached hydrogens (tertiary/aromatic N) is 2. The lowest BCUT2D eigenvalue weighted by molar-refractivity contribution is 0.259. The topological polar surface area (TPSA) is 15.6 Å². The van der Waals surface area contributed by atoms with Crippen LogP contribution in [0.3, 0.4) is 0 Å². The average molecular weight is 146 g/mol. The molecule has 0 unspecified atom stereocenters. The maximum atomic E-state index is 3.79. The first-order valence-corrected chi connectivity index (χ1v) is 4.02. The summed E-state index contributed by atoms with van der Waals surface area (Å²) < 4.78 is 0.